The number of allylic oxidation sites excluding steroid dienone is 6. The zero-order valence-corrected chi connectivity index (χ0v) is 13.4. The van der Waals surface area contributed by atoms with Crippen molar-refractivity contribution in [2.45, 2.75) is 53.4 Å². The summed E-state index contributed by atoms with van der Waals surface area (Å²) in [6, 6.07) is 0. The van der Waals surface area contributed by atoms with E-state index in [2.05, 4.69) is 52.0 Å². The minimum Gasteiger partial charge on any atom is -0.290 e. The molecule has 0 aromatic rings. The molecule has 0 aromatic heterocycles. The lowest BCUT2D eigenvalue weighted by Crippen LogP contribution is -2.34. The Balaban J connectivity index is 2.05. The van der Waals surface area contributed by atoms with E-state index in [0.717, 1.165) is 18.3 Å². The first kappa shape index (κ1) is 15.3. The van der Waals surface area contributed by atoms with Crippen LogP contribution in [0, 0.1) is 22.7 Å². The molecule has 0 N–H and O–H groups in total. The molecule has 110 valence electrons. The summed E-state index contributed by atoms with van der Waals surface area (Å²) in [5.74, 6) is 1.63. The van der Waals surface area contributed by atoms with Gasteiger partial charge in [-0.05, 0) is 55.1 Å². The second-order valence-electron chi connectivity index (χ2n) is 7.49. The maximum absolute atomic E-state index is 11.3. The van der Waals surface area contributed by atoms with Crippen molar-refractivity contribution < 1.29 is 4.79 Å². The van der Waals surface area contributed by atoms with Crippen LogP contribution in [0.5, 0.6) is 0 Å². The van der Waals surface area contributed by atoms with Gasteiger partial charge in [0.05, 0.1) is 0 Å². The van der Waals surface area contributed by atoms with Crippen LogP contribution < -0.4 is 0 Å². The molecule has 1 nitrogen and oxygen atoms in total. The molecule has 20 heavy (non-hydrogen) atoms. The van der Waals surface area contributed by atoms with Crippen molar-refractivity contribution in [3.05, 3.63) is 36.5 Å². The lowest BCUT2D eigenvalue weighted by atomic mass is 9.62. The first-order chi connectivity index (χ1) is 9.35. The third-order valence-electron chi connectivity index (χ3n) is 5.33. The Morgan fingerprint density at radius 2 is 1.80 bits per heavy atom. The minimum atomic E-state index is 0.0552. The van der Waals surface area contributed by atoms with Gasteiger partial charge in [0.1, 0.15) is 0 Å². The van der Waals surface area contributed by atoms with E-state index in [1.165, 1.54) is 19.3 Å². The maximum Gasteiger partial charge on any atom is 0.178 e. The normalized spacial score (nSPS) is 32.0. The highest BCUT2D eigenvalue weighted by molar-refractivity contribution is 6.00. The van der Waals surface area contributed by atoms with Gasteiger partial charge in [0, 0.05) is 5.41 Å². The van der Waals surface area contributed by atoms with E-state index in [4.69, 9.17) is 0 Å². The summed E-state index contributed by atoms with van der Waals surface area (Å²) in [6.07, 6.45) is 17.1. The van der Waals surface area contributed by atoms with E-state index in [1.54, 1.807) is 12.2 Å². The first-order valence-corrected chi connectivity index (χ1v) is 7.92. The molecule has 0 aromatic carbocycles. The number of hydrogen-bond acceptors (Lipinski definition) is 1. The van der Waals surface area contributed by atoms with Gasteiger partial charge in [-0.3, -0.25) is 4.79 Å². The van der Waals surface area contributed by atoms with Crippen LogP contribution >= 0.6 is 0 Å². The molecular weight excluding hydrogens is 244 g/mol. The van der Waals surface area contributed by atoms with Crippen LogP contribution in [0.15, 0.2) is 36.5 Å². The van der Waals surface area contributed by atoms with E-state index < -0.39 is 0 Å². The van der Waals surface area contributed by atoms with Crippen LogP contribution in [0.4, 0.5) is 0 Å². The van der Waals surface area contributed by atoms with Crippen molar-refractivity contribution in [1.82, 2.24) is 0 Å². The van der Waals surface area contributed by atoms with Gasteiger partial charge in [-0.1, -0.05) is 52.0 Å². The summed E-state index contributed by atoms with van der Waals surface area (Å²) in [4.78, 5) is 11.3. The molecule has 0 amide bonds. The molecule has 0 saturated carbocycles. The average molecular weight is 272 g/mol. The van der Waals surface area contributed by atoms with Crippen molar-refractivity contribution in [2.75, 3.05) is 0 Å². The second-order valence-corrected chi connectivity index (χ2v) is 7.49. The van der Waals surface area contributed by atoms with Crippen LogP contribution in [0.2, 0.25) is 0 Å². The maximum atomic E-state index is 11.3. The highest BCUT2D eigenvalue weighted by Crippen LogP contribution is 2.47. The second kappa shape index (κ2) is 5.71. The Bertz CT molecular complexity index is 436. The summed E-state index contributed by atoms with van der Waals surface area (Å²) in [5, 5.41) is 0. The number of carbonyl (C=O) groups excluding carboxylic acids is 1. The first-order valence-electron chi connectivity index (χ1n) is 7.92. The summed E-state index contributed by atoms with van der Waals surface area (Å²) < 4.78 is 0. The van der Waals surface area contributed by atoms with Gasteiger partial charge in [0.25, 0.3) is 0 Å². The Labute approximate surface area is 123 Å². The van der Waals surface area contributed by atoms with Gasteiger partial charge in [-0.2, -0.15) is 0 Å². The Morgan fingerprint density at radius 3 is 2.40 bits per heavy atom. The number of rotatable bonds is 4. The highest BCUT2D eigenvalue weighted by Gasteiger charge is 2.37. The molecule has 0 heterocycles. The highest BCUT2D eigenvalue weighted by atomic mass is 16.1. The smallest absolute Gasteiger partial charge is 0.178 e. The van der Waals surface area contributed by atoms with Gasteiger partial charge in [-0.25, -0.2) is 0 Å². The van der Waals surface area contributed by atoms with E-state index in [-0.39, 0.29) is 11.2 Å². The predicted octanol–water partition coefficient (Wildman–Crippen LogP) is 5.10. The molecule has 0 radical (unpaired) electrons. The van der Waals surface area contributed by atoms with Gasteiger partial charge in [0.15, 0.2) is 5.78 Å². The molecule has 2 aliphatic carbocycles. The third-order valence-corrected chi connectivity index (χ3v) is 5.33. The molecule has 2 aliphatic rings. The molecule has 0 fully saturated rings. The topological polar surface area (TPSA) is 17.1 Å². The lowest BCUT2D eigenvalue weighted by molar-refractivity contribution is -0.110. The van der Waals surface area contributed by atoms with E-state index in [9.17, 15) is 4.79 Å². The fraction of sp³-hybridized carbons (Fsp3) is 0.632. The molecule has 2 rings (SSSR count). The molecule has 1 heteroatoms. The van der Waals surface area contributed by atoms with Crippen molar-refractivity contribution in [2.24, 2.45) is 22.7 Å². The third kappa shape index (κ3) is 3.31. The van der Waals surface area contributed by atoms with E-state index >= 15 is 0 Å². The van der Waals surface area contributed by atoms with Crippen LogP contribution in [0.3, 0.4) is 0 Å². The summed E-state index contributed by atoms with van der Waals surface area (Å²) in [7, 11) is 0. The van der Waals surface area contributed by atoms with Crippen LogP contribution in [-0.2, 0) is 4.79 Å². The van der Waals surface area contributed by atoms with Crippen molar-refractivity contribution in [1.29, 1.82) is 0 Å². The summed E-state index contributed by atoms with van der Waals surface area (Å²) in [6.45, 7) is 9.39. The Hall–Kier alpha value is -1.11. The zero-order chi connectivity index (χ0) is 14.8. The predicted molar refractivity (Wildman–Crippen MR) is 85.4 cm³/mol. The summed E-state index contributed by atoms with van der Waals surface area (Å²) in [5.41, 5.74) is 0.453. The number of hydrogen-bond donors (Lipinski definition) is 0. The molecule has 0 aliphatic heterocycles. The molecule has 0 bridgehead atoms. The monoisotopic (exact) mass is 272 g/mol. The summed E-state index contributed by atoms with van der Waals surface area (Å²) >= 11 is 0. The van der Waals surface area contributed by atoms with Crippen molar-refractivity contribution >= 4 is 5.78 Å². The average Bonchev–Trinajstić information content (AvgIpc) is 2.41. The fourth-order valence-corrected chi connectivity index (χ4v) is 3.77. The lowest BCUT2D eigenvalue weighted by Gasteiger charge is -2.43. The molecule has 0 unspecified atom stereocenters. The van der Waals surface area contributed by atoms with Crippen molar-refractivity contribution in [3.63, 3.8) is 0 Å². The molecule has 0 saturated heterocycles. The number of ketones is 1. The fourth-order valence-electron chi connectivity index (χ4n) is 3.77. The SMILES string of the molecule is CC(C)[C@H]1CC=CC[C@]1(C)CCC1(C)C=CC(=O)C=C1. The van der Waals surface area contributed by atoms with Crippen LogP contribution in [0.1, 0.15) is 53.4 Å². The number of carbonyl (C=O) groups is 1. The molecule has 0 spiro atoms. The van der Waals surface area contributed by atoms with E-state index in [1.807, 2.05) is 0 Å². The Kier molecular flexibility index (Phi) is 4.36. The van der Waals surface area contributed by atoms with Gasteiger partial charge >= 0.3 is 0 Å². The van der Waals surface area contributed by atoms with Gasteiger partial charge < -0.3 is 0 Å². The van der Waals surface area contributed by atoms with Crippen molar-refractivity contribution in [3.8, 4) is 0 Å². The van der Waals surface area contributed by atoms with Crippen LogP contribution in [-0.4, -0.2) is 5.78 Å². The zero-order valence-electron chi connectivity index (χ0n) is 13.4. The minimum absolute atomic E-state index is 0.0552. The Morgan fingerprint density at radius 1 is 1.15 bits per heavy atom. The standard InChI is InChI=1S/C19H28O/c1-15(2)17-7-5-6-10-19(17,4)14-13-18(3)11-8-16(20)9-12-18/h5-6,8-9,11-12,15,17H,7,10,13-14H2,1-4H3/t17-,19-/m1/s1. The van der Waals surface area contributed by atoms with E-state index in [0.29, 0.717) is 5.41 Å². The molecular formula is C19H28O. The van der Waals surface area contributed by atoms with Gasteiger partial charge in [0.2, 0.25) is 0 Å². The quantitative estimate of drug-likeness (QED) is 0.651. The largest absolute Gasteiger partial charge is 0.290 e. The van der Waals surface area contributed by atoms with Crippen LogP contribution in [0.25, 0.3) is 0 Å². The van der Waals surface area contributed by atoms with Gasteiger partial charge in [-0.15, -0.1) is 0 Å². The molecule has 2 atom stereocenters.